The van der Waals surface area contributed by atoms with Crippen LogP contribution in [0.2, 0.25) is 0 Å². The van der Waals surface area contributed by atoms with E-state index in [9.17, 15) is 14.4 Å². The highest BCUT2D eigenvalue weighted by molar-refractivity contribution is 5.75. The van der Waals surface area contributed by atoms with E-state index in [1.54, 1.807) is 0 Å². The van der Waals surface area contributed by atoms with Crippen LogP contribution in [0, 0.1) is 0 Å². The molecule has 1 aromatic heterocycles. The smallest absolute Gasteiger partial charge is 0.328 e. The molecule has 0 atom stereocenters. The third kappa shape index (κ3) is 6.01. The third-order valence-corrected chi connectivity index (χ3v) is 2.58. The Labute approximate surface area is 111 Å². The molecule has 0 unspecified atom stereocenters. The summed E-state index contributed by atoms with van der Waals surface area (Å²) in [5, 5.41) is 2.79. The first kappa shape index (κ1) is 15.2. The van der Waals surface area contributed by atoms with Crippen molar-refractivity contribution in [2.24, 2.45) is 0 Å². The summed E-state index contributed by atoms with van der Waals surface area (Å²) in [4.78, 5) is 37.9. The maximum absolute atomic E-state index is 11.5. The number of rotatable bonds is 7. The molecule has 0 spiro atoms. The number of carbonyl (C=O) groups excluding carboxylic acids is 1. The number of H-pyrrole nitrogens is 1. The summed E-state index contributed by atoms with van der Waals surface area (Å²) in [6.45, 7) is 1.80. The van der Waals surface area contributed by atoms with Gasteiger partial charge in [0.25, 0.3) is 5.56 Å². The van der Waals surface area contributed by atoms with Crippen LogP contribution >= 0.6 is 0 Å². The molecule has 0 fully saturated rings. The Morgan fingerprint density at radius 2 is 2.16 bits per heavy atom. The van der Waals surface area contributed by atoms with E-state index >= 15 is 0 Å². The summed E-state index contributed by atoms with van der Waals surface area (Å²) in [7, 11) is 3.95. The second-order valence-electron chi connectivity index (χ2n) is 4.56. The first-order chi connectivity index (χ1) is 8.99. The van der Waals surface area contributed by atoms with Crippen molar-refractivity contribution in [2.45, 2.75) is 19.4 Å². The lowest BCUT2D eigenvalue weighted by Gasteiger charge is -2.10. The molecule has 2 N–H and O–H groups in total. The maximum atomic E-state index is 11.5. The molecule has 0 aliphatic heterocycles. The molecule has 0 saturated heterocycles. The monoisotopic (exact) mass is 268 g/mol. The normalized spacial score (nSPS) is 10.7. The lowest BCUT2D eigenvalue weighted by molar-refractivity contribution is -0.121. The molecule has 7 heteroatoms. The number of aryl methyl sites for hydroxylation is 1. The number of aromatic amines is 1. The zero-order valence-corrected chi connectivity index (χ0v) is 11.3. The number of carbonyl (C=O) groups is 1. The van der Waals surface area contributed by atoms with E-state index < -0.39 is 11.2 Å². The topological polar surface area (TPSA) is 87.2 Å². The molecule has 1 heterocycles. The molecule has 1 rings (SSSR count). The van der Waals surface area contributed by atoms with Crippen molar-refractivity contribution < 1.29 is 4.79 Å². The Balaban J connectivity index is 2.30. The molecule has 0 saturated carbocycles. The fourth-order valence-electron chi connectivity index (χ4n) is 1.55. The maximum Gasteiger partial charge on any atom is 0.328 e. The van der Waals surface area contributed by atoms with Crippen molar-refractivity contribution in [3.63, 3.8) is 0 Å². The molecule has 1 aromatic rings. The second-order valence-corrected chi connectivity index (χ2v) is 4.56. The Bertz CT molecular complexity index is 518. The van der Waals surface area contributed by atoms with E-state index in [1.165, 1.54) is 16.8 Å². The lowest BCUT2D eigenvalue weighted by Crippen LogP contribution is -2.32. The minimum atomic E-state index is -0.493. The van der Waals surface area contributed by atoms with Gasteiger partial charge >= 0.3 is 5.69 Å². The van der Waals surface area contributed by atoms with Crippen molar-refractivity contribution >= 4 is 5.91 Å². The van der Waals surface area contributed by atoms with E-state index in [0.29, 0.717) is 6.54 Å². The largest absolute Gasteiger partial charge is 0.356 e. The molecule has 106 valence electrons. The quantitative estimate of drug-likeness (QED) is 0.621. The van der Waals surface area contributed by atoms with Gasteiger partial charge < -0.3 is 14.8 Å². The third-order valence-electron chi connectivity index (χ3n) is 2.58. The summed E-state index contributed by atoms with van der Waals surface area (Å²) in [5.41, 5.74) is -0.928. The van der Waals surface area contributed by atoms with Crippen LogP contribution in [-0.4, -0.2) is 47.5 Å². The molecular formula is C12H20N4O3. The van der Waals surface area contributed by atoms with Crippen molar-refractivity contribution in [3.05, 3.63) is 33.1 Å². The van der Waals surface area contributed by atoms with Gasteiger partial charge in [0, 0.05) is 31.8 Å². The van der Waals surface area contributed by atoms with Crippen LogP contribution in [0.3, 0.4) is 0 Å². The Hall–Kier alpha value is -1.89. The van der Waals surface area contributed by atoms with Gasteiger partial charge in [-0.2, -0.15) is 0 Å². The zero-order valence-electron chi connectivity index (χ0n) is 11.3. The summed E-state index contributed by atoms with van der Waals surface area (Å²) in [6.07, 6.45) is 2.49. The highest BCUT2D eigenvalue weighted by atomic mass is 16.2. The average Bonchev–Trinajstić information content (AvgIpc) is 2.33. The second kappa shape index (κ2) is 7.52. The molecule has 0 aliphatic carbocycles. The number of nitrogens with one attached hydrogen (secondary N) is 2. The first-order valence-corrected chi connectivity index (χ1v) is 6.20. The molecule has 0 aliphatic rings. The van der Waals surface area contributed by atoms with Crippen LogP contribution in [0.1, 0.15) is 12.8 Å². The zero-order chi connectivity index (χ0) is 14.3. The van der Waals surface area contributed by atoms with Crippen LogP contribution in [0.4, 0.5) is 0 Å². The highest BCUT2D eigenvalue weighted by Gasteiger charge is 2.03. The van der Waals surface area contributed by atoms with Crippen LogP contribution in [0.25, 0.3) is 0 Å². The summed E-state index contributed by atoms with van der Waals surface area (Å²) < 4.78 is 1.31. The van der Waals surface area contributed by atoms with Gasteiger partial charge in [-0.15, -0.1) is 0 Å². The van der Waals surface area contributed by atoms with Gasteiger partial charge in [0.1, 0.15) is 0 Å². The van der Waals surface area contributed by atoms with E-state index in [0.717, 1.165) is 13.0 Å². The van der Waals surface area contributed by atoms with E-state index in [2.05, 4.69) is 10.3 Å². The number of hydrogen-bond donors (Lipinski definition) is 2. The number of amides is 1. The fourth-order valence-corrected chi connectivity index (χ4v) is 1.55. The molecule has 0 radical (unpaired) electrons. The van der Waals surface area contributed by atoms with Crippen molar-refractivity contribution in [1.82, 2.24) is 19.8 Å². The summed E-state index contributed by atoms with van der Waals surface area (Å²) in [6, 6.07) is 1.26. The lowest BCUT2D eigenvalue weighted by atomic mass is 10.3. The molecule has 1 amide bonds. The van der Waals surface area contributed by atoms with Gasteiger partial charge in [-0.05, 0) is 27.1 Å². The Morgan fingerprint density at radius 3 is 2.79 bits per heavy atom. The fraction of sp³-hybridized carbons (Fsp3) is 0.583. The standard InChI is InChI=1S/C12H20N4O3/c1-15(2)7-3-6-13-10(17)4-8-16-9-5-11(18)14-12(16)19/h5,9H,3-4,6-8H2,1-2H3,(H,13,17)(H,14,18,19). The van der Waals surface area contributed by atoms with Crippen LogP contribution in [-0.2, 0) is 11.3 Å². The van der Waals surface area contributed by atoms with E-state index in [-0.39, 0.29) is 18.9 Å². The Kier molecular flexibility index (Phi) is 6.01. The molecule has 0 aromatic carbocycles. The SMILES string of the molecule is CN(C)CCCNC(=O)CCn1ccc(=O)[nH]c1=O. The first-order valence-electron chi connectivity index (χ1n) is 6.20. The molecular weight excluding hydrogens is 248 g/mol. The number of nitrogens with zero attached hydrogens (tertiary/aromatic N) is 2. The van der Waals surface area contributed by atoms with E-state index in [4.69, 9.17) is 0 Å². The van der Waals surface area contributed by atoms with E-state index in [1.807, 2.05) is 19.0 Å². The predicted octanol–water partition coefficient (Wildman–Crippen LogP) is -1.01. The number of hydrogen-bond acceptors (Lipinski definition) is 4. The van der Waals surface area contributed by atoms with Crippen molar-refractivity contribution in [3.8, 4) is 0 Å². The molecule has 0 bridgehead atoms. The van der Waals surface area contributed by atoms with Gasteiger partial charge in [0.2, 0.25) is 5.91 Å². The molecule has 7 nitrogen and oxygen atoms in total. The average molecular weight is 268 g/mol. The van der Waals surface area contributed by atoms with Crippen LogP contribution in [0.15, 0.2) is 21.9 Å². The van der Waals surface area contributed by atoms with Gasteiger partial charge in [0.15, 0.2) is 0 Å². The number of aromatic nitrogens is 2. The van der Waals surface area contributed by atoms with Crippen molar-refractivity contribution in [1.29, 1.82) is 0 Å². The summed E-state index contributed by atoms with van der Waals surface area (Å²) in [5.74, 6) is -0.100. The van der Waals surface area contributed by atoms with Crippen LogP contribution in [0.5, 0.6) is 0 Å². The Morgan fingerprint density at radius 1 is 1.42 bits per heavy atom. The summed E-state index contributed by atoms with van der Waals surface area (Å²) >= 11 is 0. The van der Waals surface area contributed by atoms with Crippen molar-refractivity contribution in [2.75, 3.05) is 27.2 Å². The highest BCUT2D eigenvalue weighted by Crippen LogP contribution is 1.87. The van der Waals surface area contributed by atoms with Crippen LogP contribution < -0.4 is 16.6 Å². The van der Waals surface area contributed by atoms with Gasteiger partial charge in [-0.1, -0.05) is 0 Å². The van der Waals surface area contributed by atoms with Gasteiger partial charge in [-0.25, -0.2) is 4.79 Å². The molecule has 19 heavy (non-hydrogen) atoms. The van der Waals surface area contributed by atoms with Gasteiger partial charge in [-0.3, -0.25) is 14.6 Å². The minimum absolute atomic E-state index is 0.100. The predicted molar refractivity (Wildman–Crippen MR) is 72.1 cm³/mol. The minimum Gasteiger partial charge on any atom is -0.356 e. The van der Waals surface area contributed by atoms with Gasteiger partial charge in [0.05, 0.1) is 0 Å².